The van der Waals surface area contributed by atoms with Crippen LogP contribution in [0.25, 0.3) is 6.08 Å². The lowest BCUT2D eigenvalue weighted by atomic mass is 9.59. The third kappa shape index (κ3) is 3.47. The van der Waals surface area contributed by atoms with E-state index in [2.05, 4.69) is 28.1 Å². The minimum Gasteiger partial charge on any atom is -0.300 e. The van der Waals surface area contributed by atoms with Crippen LogP contribution in [0.5, 0.6) is 0 Å². The third-order valence-corrected chi connectivity index (χ3v) is 5.51. The van der Waals surface area contributed by atoms with Crippen LogP contribution in [0.15, 0.2) is 65.1 Å². The van der Waals surface area contributed by atoms with Crippen LogP contribution in [-0.4, -0.2) is 5.78 Å². The van der Waals surface area contributed by atoms with Crippen LogP contribution in [0.4, 0.5) is 0 Å². The molecular formula is C22H17BrN2O. The monoisotopic (exact) mass is 404 g/mol. The van der Waals surface area contributed by atoms with Gasteiger partial charge in [-0.2, -0.15) is 10.5 Å². The number of halogens is 1. The Labute approximate surface area is 161 Å². The van der Waals surface area contributed by atoms with Crippen molar-refractivity contribution in [2.75, 3.05) is 0 Å². The number of allylic oxidation sites excluding steroid dienone is 1. The molecule has 0 spiro atoms. The van der Waals surface area contributed by atoms with Gasteiger partial charge in [-0.3, -0.25) is 4.79 Å². The number of hydrogen-bond acceptors (Lipinski definition) is 3. The maximum absolute atomic E-state index is 12.4. The Bertz CT molecular complexity index is 890. The van der Waals surface area contributed by atoms with Crippen molar-refractivity contribution >= 4 is 27.8 Å². The van der Waals surface area contributed by atoms with E-state index >= 15 is 0 Å². The zero-order chi connectivity index (χ0) is 18.6. The minimum absolute atomic E-state index is 0.0850. The fourth-order valence-corrected chi connectivity index (χ4v) is 3.83. The van der Waals surface area contributed by atoms with E-state index in [1.807, 2.05) is 66.7 Å². The predicted octanol–water partition coefficient (Wildman–Crippen LogP) is 5.26. The lowest BCUT2D eigenvalue weighted by Crippen LogP contribution is -2.40. The first kappa shape index (κ1) is 18.1. The molecule has 1 aliphatic rings. The van der Waals surface area contributed by atoms with Crippen LogP contribution < -0.4 is 0 Å². The summed E-state index contributed by atoms with van der Waals surface area (Å²) in [6, 6.07) is 21.7. The van der Waals surface area contributed by atoms with Gasteiger partial charge in [-0.05, 0) is 23.3 Å². The van der Waals surface area contributed by atoms with E-state index in [1.165, 1.54) is 0 Å². The second-order valence-electron chi connectivity index (χ2n) is 6.52. The Hall–Kier alpha value is -2.69. The maximum atomic E-state index is 12.4. The zero-order valence-electron chi connectivity index (χ0n) is 14.1. The van der Waals surface area contributed by atoms with Gasteiger partial charge in [0.25, 0.3) is 0 Å². The molecule has 0 saturated heterocycles. The molecule has 128 valence electrons. The quantitative estimate of drug-likeness (QED) is 0.700. The highest BCUT2D eigenvalue weighted by Crippen LogP contribution is 2.50. The number of carbonyl (C=O) groups excluding carboxylic acids is 1. The molecule has 2 aromatic rings. The minimum atomic E-state index is -1.26. The molecule has 26 heavy (non-hydrogen) atoms. The summed E-state index contributed by atoms with van der Waals surface area (Å²) < 4.78 is 0.920. The van der Waals surface area contributed by atoms with Crippen molar-refractivity contribution in [3.05, 3.63) is 76.3 Å². The van der Waals surface area contributed by atoms with Crippen LogP contribution in [0.2, 0.25) is 0 Å². The Morgan fingerprint density at radius 1 is 1.00 bits per heavy atom. The van der Waals surface area contributed by atoms with Crippen molar-refractivity contribution in [2.24, 2.45) is 11.3 Å². The number of nitriles is 2. The fraction of sp³-hybridized carbons (Fsp3) is 0.227. The maximum Gasteiger partial charge on any atom is 0.157 e. The molecule has 0 heterocycles. The number of Topliss-reactive ketones (excluding diaryl/α,β-unsaturated/α-hetero) is 1. The fourth-order valence-electron chi connectivity index (χ4n) is 3.57. The highest BCUT2D eigenvalue weighted by molar-refractivity contribution is 9.10. The molecule has 3 rings (SSSR count). The first-order chi connectivity index (χ1) is 12.6. The van der Waals surface area contributed by atoms with Crippen molar-refractivity contribution in [1.29, 1.82) is 10.5 Å². The van der Waals surface area contributed by atoms with E-state index in [9.17, 15) is 15.3 Å². The second-order valence-corrected chi connectivity index (χ2v) is 7.44. The molecule has 2 atom stereocenters. The Morgan fingerprint density at radius 3 is 2.27 bits per heavy atom. The van der Waals surface area contributed by atoms with Crippen LogP contribution in [-0.2, 0) is 4.79 Å². The van der Waals surface area contributed by atoms with E-state index in [0.29, 0.717) is 0 Å². The van der Waals surface area contributed by atoms with E-state index in [1.54, 1.807) is 0 Å². The largest absolute Gasteiger partial charge is 0.300 e. The number of rotatable bonds is 3. The van der Waals surface area contributed by atoms with Gasteiger partial charge in [0.1, 0.15) is 5.78 Å². The van der Waals surface area contributed by atoms with Crippen molar-refractivity contribution in [2.45, 2.75) is 18.8 Å². The molecule has 2 aromatic carbocycles. The molecule has 3 nitrogen and oxygen atoms in total. The molecule has 0 N–H and O–H groups in total. The summed E-state index contributed by atoms with van der Waals surface area (Å²) in [5, 5.41) is 19.9. The molecular weight excluding hydrogens is 388 g/mol. The first-order valence-electron chi connectivity index (χ1n) is 8.42. The van der Waals surface area contributed by atoms with Crippen molar-refractivity contribution in [1.82, 2.24) is 0 Å². The van der Waals surface area contributed by atoms with Gasteiger partial charge in [-0.15, -0.1) is 0 Å². The van der Waals surface area contributed by atoms with Gasteiger partial charge >= 0.3 is 0 Å². The van der Waals surface area contributed by atoms with Gasteiger partial charge in [-0.1, -0.05) is 70.5 Å². The van der Waals surface area contributed by atoms with Crippen molar-refractivity contribution in [3.63, 3.8) is 0 Å². The van der Waals surface area contributed by atoms with Crippen LogP contribution in [0.3, 0.4) is 0 Å². The van der Waals surface area contributed by atoms with Gasteiger partial charge in [0.15, 0.2) is 5.41 Å². The number of benzene rings is 2. The Balaban J connectivity index is 2.02. The summed E-state index contributed by atoms with van der Waals surface area (Å²) in [6.45, 7) is 0. The predicted molar refractivity (Wildman–Crippen MR) is 104 cm³/mol. The SMILES string of the molecule is N#CC1(C#N)[C@H](/C=C/c2ccccc2)CC(=O)C[C@H]1c1ccc(Br)cc1. The average Bonchev–Trinajstić information content (AvgIpc) is 2.67. The summed E-state index contributed by atoms with van der Waals surface area (Å²) >= 11 is 3.40. The molecule has 0 amide bonds. The van der Waals surface area contributed by atoms with Gasteiger partial charge in [0, 0.05) is 29.2 Å². The van der Waals surface area contributed by atoms with Gasteiger partial charge in [-0.25, -0.2) is 0 Å². The Kier molecular flexibility index (Phi) is 5.35. The molecule has 1 fully saturated rings. The van der Waals surface area contributed by atoms with E-state index in [4.69, 9.17) is 0 Å². The van der Waals surface area contributed by atoms with Gasteiger partial charge in [0.05, 0.1) is 12.1 Å². The smallest absolute Gasteiger partial charge is 0.157 e. The highest BCUT2D eigenvalue weighted by atomic mass is 79.9. The van der Waals surface area contributed by atoms with Gasteiger partial charge in [0.2, 0.25) is 0 Å². The Morgan fingerprint density at radius 2 is 1.65 bits per heavy atom. The summed E-state index contributed by atoms with van der Waals surface area (Å²) in [5.74, 6) is -0.786. The summed E-state index contributed by atoms with van der Waals surface area (Å²) in [7, 11) is 0. The molecule has 0 radical (unpaired) electrons. The van der Waals surface area contributed by atoms with Crippen molar-refractivity contribution < 1.29 is 4.79 Å². The standard InChI is InChI=1S/C22H17BrN2O/c23-19-10-7-17(8-11-19)21-13-20(26)12-18(22(21,14-24)15-25)9-6-16-4-2-1-3-5-16/h1-11,18,21H,12-13H2/b9-6+/t18-,21+/m1/s1. The molecule has 0 unspecified atom stereocenters. The summed E-state index contributed by atoms with van der Waals surface area (Å²) in [6.07, 6.45) is 4.19. The van der Waals surface area contributed by atoms with Crippen LogP contribution in [0.1, 0.15) is 29.9 Å². The first-order valence-corrected chi connectivity index (χ1v) is 9.21. The van der Waals surface area contributed by atoms with Gasteiger partial charge < -0.3 is 0 Å². The van der Waals surface area contributed by atoms with Crippen molar-refractivity contribution in [3.8, 4) is 12.1 Å². The number of carbonyl (C=O) groups is 1. The molecule has 0 aromatic heterocycles. The molecule has 0 aliphatic heterocycles. The lowest BCUT2D eigenvalue weighted by Gasteiger charge is -2.38. The van der Waals surface area contributed by atoms with E-state index in [0.717, 1.165) is 15.6 Å². The zero-order valence-corrected chi connectivity index (χ0v) is 15.7. The highest BCUT2D eigenvalue weighted by Gasteiger charge is 2.51. The van der Waals surface area contributed by atoms with Crippen LogP contribution in [0, 0.1) is 34.0 Å². The summed E-state index contributed by atoms with van der Waals surface area (Å²) in [4.78, 5) is 12.4. The number of nitrogens with zero attached hydrogens (tertiary/aromatic N) is 2. The molecule has 1 aliphatic carbocycles. The lowest BCUT2D eigenvalue weighted by molar-refractivity contribution is -0.123. The average molecular weight is 405 g/mol. The normalized spacial score (nSPS) is 21.9. The molecule has 4 heteroatoms. The topological polar surface area (TPSA) is 64.7 Å². The third-order valence-electron chi connectivity index (χ3n) is 4.98. The number of hydrogen-bond donors (Lipinski definition) is 0. The summed E-state index contributed by atoms with van der Waals surface area (Å²) in [5.41, 5.74) is 0.575. The number of ketones is 1. The van der Waals surface area contributed by atoms with E-state index in [-0.39, 0.29) is 18.6 Å². The second kappa shape index (κ2) is 7.68. The van der Waals surface area contributed by atoms with Crippen LogP contribution >= 0.6 is 15.9 Å². The molecule has 0 bridgehead atoms. The molecule has 1 saturated carbocycles. The van der Waals surface area contributed by atoms with E-state index < -0.39 is 17.3 Å².